The van der Waals surface area contributed by atoms with Crippen LogP contribution in [0, 0.1) is 35.5 Å². The largest absolute Gasteiger partial charge is 0.459 e. The number of nitrogens with zero attached hydrogens (tertiary/aromatic N) is 3. The summed E-state index contributed by atoms with van der Waals surface area (Å²) in [6.07, 6.45) is -12.5. The van der Waals surface area contributed by atoms with Gasteiger partial charge in [0.25, 0.3) is 0 Å². The van der Waals surface area contributed by atoms with Gasteiger partial charge < -0.3 is 68.4 Å². The lowest BCUT2D eigenvalue weighted by Gasteiger charge is -2.49. The summed E-state index contributed by atoms with van der Waals surface area (Å²) in [5.74, 6) is -3.55. The minimum Gasteiger partial charge on any atom is -0.459 e. The van der Waals surface area contributed by atoms with Gasteiger partial charge in [-0.2, -0.15) is 0 Å². The Hall–Kier alpha value is -5.58. The second-order valence-electron chi connectivity index (χ2n) is 21.0. The first-order valence-electron chi connectivity index (χ1n) is 27.0. The highest BCUT2D eigenvalue weighted by molar-refractivity contribution is 5.78. The van der Waals surface area contributed by atoms with E-state index >= 15 is 0 Å². The van der Waals surface area contributed by atoms with Gasteiger partial charge in [-0.3, -0.25) is 14.4 Å². The van der Waals surface area contributed by atoms with E-state index in [0.717, 1.165) is 17.5 Å². The number of hydrogen-bond acceptors (Lipinski definition) is 17. The first-order valence-corrected chi connectivity index (χ1v) is 27.0. The number of ether oxygens (including phenoxy) is 10. The number of esters is 2. The molecule has 6 rings (SSSR count). The molecule has 2 aromatic rings. The summed E-state index contributed by atoms with van der Waals surface area (Å²) in [7, 11) is 0. The highest BCUT2D eigenvalue weighted by Gasteiger charge is 2.56. The molecule has 4 aliphatic rings. The van der Waals surface area contributed by atoms with Crippen molar-refractivity contribution in [1.29, 1.82) is 0 Å². The van der Waals surface area contributed by atoms with Crippen molar-refractivity contribution in [3.8, 4) is 0 Å². The Kier molecular flexibility index (Phi) is 22.7. The van der Waals surface area contributed by atoms with Crippen LogP contribution in [0.25, 0.3) is 10.4 Å². The molecule has 426 valence electrons. The van der Waals surface area contributed by atoms with E-state index in [2.05, 4.69) is 32.9 Å². The molecular formula is C55H80N6O16. The SMILES string of the molecule is CCC[C@H](C)C(=O)N[C@@H]1C[C@H](NC(=O)OCc2ccccc2)[C@@H](O[C@H]2O[C@H](CN=[N+]=[N-])[C@@H](O)[C@H](OC(C)=O)[C@H]2C)[C@H](O[C@@H]2O[C@H](CC)[C@@H](O[C@H]3O[C@@H](CNC(=O)OCc4ccccc4)[C@@H](C)[C@H](C)[C@H]3C)[C@H]2OC(C)=O)[C@H]1C. The molecule has 3 amide bonds. The van der Waals surface area contributed by atoms with Crippen LogP contribution < -0.4 is 16.0 Å². The molecule has 22 heteroatoms. The van der Waals surface area contributed by atoms with Crippen LogP contribution >= 0.6 is 0 Å². The van der Waals surface area contributed by atoms with Gasteiger partial charge in [0.05, 0.1) is 37.0 Å². The summed E-state index contributed by atoms with van der Waals surface area (Å²) in [6, 6.07) is 16.8. The Morgan fingerprint density at radius 2 is 1.22 bits per heavy atom. The van der Waals surface area contributed by atoms with Gasteiger partial charge in [-0.25, -0.2) is 9.59 Å². The molecule has 3 heterocycles. The fourth-order valence-corrected chi connectivity index (χ4v) is 10.6. The third-order valence-corrected chi connectivity index (χ3v) is 15.5. The van der Waals surface area contributed by atoms with E-state index in [1.165, 1.54) is 13.8 Å². The van der Waals surface area contributed by atoms with Gasteiger partial charge in [-0.15, -0.1) is 0 Å². The summed E-state index contributed by atoms with van der Waals surface area (Å²) in [5, 5.41) is 24.0. The highest BCUT2D eigenvalue weighted by atomic mass is 16.8. The van der Waals surface area contributed by atoms with E-state index in [1.54, 1.807) is 6.92 Å². The van der Waals surface area contributed by atoms with E-state index in [-0.39, 0.29) is 62.3 Å². The average Bonchev–Trinajstić information content (AvgIpc) is 3.75. The Morgan fingerprint density at radius 1 is 0.662 bits per heavy atom. The summed E-state index contributed by atoms with van der Waals surface area (Å²) < 4.78 is 63.5. The zero-order valence-corrected chi connectivity index (χ0v) is 45.9. The van der Waals surface area contributed by atoms with Crippen molar-refractivity contribution in [3.05, 3.63) is 82.2 Å². The van der Waals surface area contributed by atoms with Crippen molar-refractivity contribution in [2.24, 2.45) is 40.6 Å². The molecule has 0 aromatic heterocycles. The Bertz CT molecular complexity index is 2280. The predicted octanol–water partition coefficient (Wildman–Crippen LogP) is 6.99. The topological polar surface area (TPSA) is 283 Å². The van der Waals surface area contributed by atoms with Crippen LogP contribution in [0.4, 0.5) is 9.59 Å². The number of aliphatic hydroxyl groups is 1. The van der Waals surface area contributed by atoms with Gasteiger partial charge in [-0.05, 0) is 47.8 Å². The lowest BCUT2D eigenvalue weighted by Crippen LogP contribution is -2.66. The molecule has 3 aliphatic heterocycles. The number of carbonyl (C=O) groups is 5. The number of rotatable bonds is 22. The van der Waals surface area contributed by atoms with Gasteiger partial charge in [0.15, 0.2) is 25.0 Å². The molecule has 0 spiro atoms. The average molecular weight is 1080 g/mol. The second kappa shape index (κ2) is 28.9. The van der Waals surface area contributed by atoms with E-state index in [9.17, 15) is 34.6 Å². The number of amides is 3. The Labute approximate surface area is 451 Å². The molecule has 3 saturated heterocycles. The lowest BCUT2D eigenvalue weighted by atomic mass is 9.77. The first-order chi connectivity index (χ1) is 36.8. The summed E-state index contributed by atoms with van der Waals surface area (Å²) >= 11 is 0. The molecular weight excluding hydrogens is 1000 g/mol. The molecule has 22 nitrogen and oxygen atoms in total. The summed E-state index contributed by atoms with van der Waals surface area (Å²) in [5.41, 5.74) is 10.8. The van der Waals surface area contributed by atoms with Crippen LogP contribution in [0.2, 0.25) is 0 Å². The van der Waals surface area contributed by atoms with Crippen LogP contribution in [0.5, 0.6) is 0 Å². The third kappa shape index (κ3) is 16.3. The molecule has 0 unspecified atom stereocenters. The number of alkyl carbamates (subject to hydrolysis) is 2. The monoisotopic (exact) mass is 1080 g/mol. The smallest absolute Gasteiger partial charge is 0.407 e. The first kappa shape index (κ1) is 60.6. The minimum absolute atomic E-state index is 0.0144. The number of nitrogens with one attached hydrogen (secondary N) is 3. The second-order valence-corrected chi connectivity index (χ2v) is 21.0. The number of hydrogen-bond donors (Lipinski definition) is 4. The van der Waals surface area contributed by atoms with E-state index in [0.29, 0.717) is 12.8 Å². The maximum absolute atomic E-state index is 13.9. The Balaban J connectivity index is 1.33. The molecule has 20 atom stereocenters. The predicted molar refractivity (Wildman–Crippen MR) is 277 cm³/mol. The van der Waals surface area contributed by atoms with Gasteiger partial charge in [0.2, 0.25) is 5.91 Å². The number of carbonyl (C=O) groups excluding carboxylic acids is 5. The fourth-order valence-electron chi connectivity index (χ4n) is 10.6. The van der Waals surface area contributed by atoms with Gasteiger partial charge >= 0.3 is 24.1 Å². The molecule has 1 aliphatic carbocycles. The molecule has 77 heavy (non-hydrogen) atoms. The lowest BCUT2D eigenvalue weighted by molar-refractivity contribution is -0.316. The fraction of sp³-hybridized carbons (Fsp3) is 0.691. The van der Waals surface area contributed by atoms with Crippen molar-refractivity contribution in [1.82, 2.24) is 16.0 Å². The quantitative estimate of drug-likeness (QED) is 0.0304. The molecule has 4 N–H and O–H groups in total. The maximum atomic E-state index is 13.9. The molecule has 0 bridgehead atoms. The number of benzene rings is 2. The van der Waals surface area contributed by atoms with Gasteiger partial charge in [0.1, 0.15) is 37.6 Å². The molecule has 1 saturated carbocycles. The van der Waals surface area contributed by atoms with Crippen LogP contribution in [0.15, 0.2) is 65.8 Å². The number of azide groups is 1. The molecule has 2 aromatic carbocycles. The Morgan fingerprint density at radius 3 is 1.82 bits per heavy atom. The van der Waals surface area contributed by atoms with Gasteiger partial charge in [0, 0.05) is 55.0 Å². The van der Waals surface area contributed by atoms with E-state index in [4.69, 9.17) is 47.4 Å². The standard InChI is InChI=1S/C55H80N6O16/c1-11-19-29(3)50(65)59-39-24-40(60-55(67)69-28-38-22-17-14-18-23-38)47(76-52-34(8)45(70-35(9)62)44(64)43(74-52)26-58-61-56)46(33(39)7)75-53-49(71-36(10)63)48(41(12-2)72-53)77-51-32(6)30(4)31(5)42(73-51)25-57-54(66)68-27-37-20-15-13-16-21-37/h13-18,20-23,29-34,39-49,51-53,64H,11-12,19,24-28H2,1-10H3,(H,57,66)(H,59,65)(H,60,67)/t29-,30-,31-,32+,33-,34+,39+,40-,41+,42-,43+,44+,45+,46+,47+,48+,49+,51+,52+,53-/m0/s1. The van der Waals surface area contributed by atoms with Crippen LogP contribution in [-0.4, -0.2) is 134 Å². The summed E-state index contributed by atoms with van der Waals surface area (Å²) in [4.78, 5) is 69.2. The summed E-state index contributed by atoms with van der Waals surface area (Å²) in [6.45, 7) is 17.6. The highest BCUT2D eigenvalue weighted by Crippen LogP contribution is 2.42. The van der Waals surface area contributed by atoms with Crippen molar-refractivity contribution in [2.45, 2.75) is 194 Å². The maximum Gasteiger partial charge on any atom is 0.407 e. The minimum atomic E-state index is -1.42. The number of aliphatic hydroxyl groups excluding tert-OH is 1. The molecule has 4 fully saturated rings. The van der Waals surface area contributed by atoms with Crippen LogP contribution in [0.3, 0.4) is 0 Å². The van der Waals surface area contributed by atoms with Crippen molar-refractivity contribution >= 4 is 30.0 Å². The van der Waals surface area contributed by atoms with E-state index < -0.39 is 122 Å². The van der Waals surface area contributed by atoms with Crippen LogP contribution in [-0.2, 0) is 75.0 Å². The zero-order chi connectivity index (χ0) is 55.9. The van der Waals surface area contributed by atoms with Crippen molar-refractivity contribution < 1.29 is 76.4 Å². The zero-order valence-electron chi connectivity index (χ0n) is 45.9. The van der Waals surface area contributed by atoms with E-state index in [1.807, 2.05) is 102 Å². The third-order valence-electron chi connectivity index (χ3n) is 15.5. The van der Waals surface area contributed by atoms with Crippen molar-refractivity contribution in [2.75, 3.05) is 13.1 Å². The normalized spacial score (nSPS) is 34.3. The van der Waals surface area contributed by atoms with Crippen molar-refractivity contribution in [3.63, 3.8) is 0 Å². The molecule has 0 radical (unpaired) electrons. The van der Waals surface area contributed by atoms with Crippen LogP contribution in [0.1, 0.15) is 106 Å². The van der Waals surface area contributed by atoms with Gasteiger partial charge in [-0.1, -0.05) is 128 Å².